The monoisotopic (exact) mass is 316 g/mol. The van der Waals surface area contributed by atoms with Crippen molar-refractivity contribution in [2.45, 2.75) is 40.0 Å². The fraction of sp³-hybridized carbons (Fsp3) is 0.700. The largest absolute Gasteiger partial charge is 0.496 e. The molecule has 1 aromatic carbocycles. The molecule has 0 N–H and O–H groups in total. The zero-order chi connectivity index (χ0) is 16.6. The molecule has 2 heterocycles. The average molecular weight is 316 g/mol. The first-order valence-electron chi connectivity index (χ1n) is 9.08. The van der Waals surface area contributed by atoms with Gasteiger partial charge in [0.25, 0.3) is 0 Å². The second-order valence-corrected chi connectivity index (χ2v) is 8.33. The molecule has 2 aliphatic rings. The number of likely N-dealkylation sites (tertiary alicyclic amines) is 1. The Morgan fingerprint density at radius 1 is 1.09 bits per heavy atom. The molecule has 0 amide bonds. The lowest BCUT2D eigenvalue weighted by Gasteiger charge is -2.61. The lowest BCUT2D eigenvalue weighted by molar-refractivity contribution is -0.0237. The molecule has 128 valence electrons. The van der Waals surface area contributed by atoms with Crippen LogP contribution >= 0.6 is 0 Å². The maximum atomic E-state index is 5.59. The van der Waals surface area contributed by atoms with E-state index in [1.165, 1.54) is 50.4 Å². The lowest BCUT2D eigenvalue weighted by Crippen LogP contribution is -2.72. The molecule has 0 atom stereocenters. The highest BCUT2D eigenvalue weighted by atomic mass is 16.5. The van der Waals surface area contributed by atoms with Crippen LogP contribution in [0.3, 0.4) is 0 Å². The minimum atomic E-state index is 0.503. The van der Waals surface area contributed by atoms with Gasteiger partial charge in [0.1, 0.15) is 5.75 Å². The molecule has 1 spiro atoms. The van der Waals surface area contributed by atoms with Crippen LogP contribution in [0.4, 0.5) is 5.69 Å². The smallest absolute Gasteiger partial charge is 0.124 e. The SMILES string of the molecule is COc1cc(N2CC3(CN(CCC(C)C)C3)C2)ccc1C(C)C. The first kappa shape index (κ1) is 16.6. The molecule has 23 heavy (non-hydrogen) atoms. The molecule has 2 fully saturated rings. The van der Waals surface area contributed by atoms with Crippen LogP contribution in [0.1, 0.15) is 45.6 Å². The molecular weight excluding hydrogens is 284 g/mol. The summed E-state index contributed by atoms with van der Waals surface area (Å²) in [6.07, 6.45) is 1.33. The van der Waals surface area contributed by atoms with Crippen molar-refractivity contribution < 1.29 is 4.74 Å². The number of ether oxygens (including phenoxy) is 1. The molecule has 0 saturated carbocycles. The van der Waals surface area contributed by atoms with Crippen LogP contribution in [-0.4, -0.2) is 44.7 Å². The van der Waals surface area contributed by atoms with Gasteiger partial charge < -0.3 is 14.5 Å². The summed E-state index contributed by atoms with van der Waals surface area (Å²) in [4.78, 5) is 5.13. The van der Waals surface area contributed by atoms with Crippen molar-refractivity contribution >= 4 is 5.69 Å². The van der Waals surface area contributed by atoms with Crippen LogP contribution in [0.5, 0.6) is 5.75 Å². The standard InChI is InChI=1S/C20H32N2O/c1-15(2)8-9-21-11-20(12-21)13-22(14-20)17-6-7-18(16(3)4)19(10-17)23-5/h6-7,10,15-16H,8-9,11-14H2,1-5H3. The minimum absolute atomic E-state index is 0.503. The van der Waals surface area contributed by atoms with Gasteiger partial charge in [-0.15, -0.1) is 0 Å². The molecule has 3 rings (SSSR count). The van der Waals surface area contributed by atoms with E-state index in [-0.39, 0.29) is 0 Å². The summed E-state index contributed by atoms with van der Waals surface area (Å²) in [6.45, 7) is 15.3. The Morgan fingerprint density at radius 3 is 2.35 bits per heavy atom. The van der Waals surface area contributed by atoms with Gasteiger partial charge in [-0.3, -0.25) is 0 Å². The molecule has 2 aliphatic heterocycles. The fourth-order valence-corrected chi connectivity index (χ4v) is 4.02. The van der Waals surface area contributed by atoms with Crippen LogP contribution < -0.4 is 9.64 Å². The molecule has 0 unspecified atom stereocenters. The number of hydrogen-bond donors (Lipinski definition) is 0. The summed E-state index contributed by atoms with van der Waals surface area (Å²) >= 11 is 0. The summed E-state index contributed by atoms with van der Waals surface area (Å²) in [7, 11) is 1.78. The third-order valence-corrected chi connectivity index (χ3v) is 5.40. The van der Waals surface area contributed by atoms with Gasteiger partial charge in [0.05, 0.1) is 7.11 Å². The summed E-state index contributed by atoms with van der Waals surface area (Å²) in [5.41, 5.74) is 3.19. The van der Waals surface area contributed by atoms with Gasteiger partial charge in [-0.2, -0.15) is 0 Å². The average Bonchev–Trinajstić information content (AvgIpc) is 2.43. The van der Waals surface area contributed by atoms with Crippen molar-refractivity contribution in [3.8, 4) is 5.75 Å². The van der Waals surface area contributed by atoms with E-state index in [1.807, 2.05) is 0 Å². The minimum Gasteiger partial charge on any atom is -0.496 e. The highest BCUT2D eigenvalue weighted by Gasteiger charge is 2.51. The first-order chi connectivity index (χ1) is 10.9. The number of hydrogen-bond acceptors (Lipinski definition) is 3. The predicted octanol–water partition coefficient (Wildman–Crippen LogP) is 3.99. The normalized spacial score (nSPS) is 20.0. The van der Waals surface area contributed by atoms with Gasteiger partial charge in [-0.05, 0) is 36.4 Å². The quantitative estimate of drug-likeness (QED) is 0.789. The van der Waals surface area contributed by atoms with Crippen LogP contribution in [0, 0.1) is 11.3 Å². The number of benzene rings is 1. The van der Waals surface area contributed by atoms with Crippen molar-refractivity contribution in [2.24, 2.45) is 11.3 Å². The third kappa shape index (κ3) is 3.35. The van der Waals surface area contributed by atoms with Crippen LogP contribution in [-0.2, 0) is 0 Å². The van der Waals surface area contributed by atoms with Gasteiger partial charge >= 0.3 is 0 Å². The molecular formula is C20H32N2O. The third-order valence-electron chi connectivity index (χ3n) is 5.40. The number of nitrogens with zero attached hydrogens (tertiary/aromatic N) is 2. The van der Waals surface area contributed by atoms with E-state index in [9.17, 15) is 0 Å². The Labute approximate surface area is 141 Å². The molecule has 0 radical (unpaired) electrons. The van der Waals surface area contributed by atoms with E-state index < -0.39 is 0 Å². The Hall–Kier alpha value is -1.22. The Morgan fingerprint density at radius 2 is 1.78 bits per heavy atom. The highest BCUT2D eigenvalue weighted by Crippen LogP contribution is 2.43. The van der Waals surface area contributed by atoms with Crippen LogP contribution in [0.15, 0.2) is 18.2 Å². The maximum absolute atomic E-state index is 5.59. The summed E-state index contributed by atoms with van der Waals surface area (Å²) in [6, 6.07) is 6.72. The molecule has 2 saturated heterocycles. The Kier molecular flexibility index (Phi) is 4.59. The van der Waals surface area contributed by atoms with Gasteiger partial charge in [0, 0.05) is 43.3 Å². The number of rotatable bonds is 6. The molecule has 3 nitrogen and oxygen atoms in total. The summed E-state index contributed by atoms with van der Waals surface area (Å²) < 4.78 is 5.59. The predicted molar refractivity (Wildman–Crippen MR) is 97.6 cm³/mol. The molecule has 1 aromatic rings. The van der Waals surface area contributed by atoms with Gasteiger partial charge in [0.15, 0.2) is 0 Å². The topological polar surface area (TPSA) is 15.7 Å². The lowest BCUT2D eigenvalue weighted by atomic mass is 9.72. The first-order valence-corrected chi connectivity index (χ1v) is 9.08. The van der Waals surface area contributed by atoms with Gasteiger partial charge in [-0.1, -0.05) is 33.8 Å². The molecule has 0 aromatic heterocycles. The maximum Gasteiger partial charge on any atom is 0.124 e. The summed E-state index contributed by atoms with van der Waals surface area (Å²) in [5.74, 6) is 2.35. The summed E-state index contributed by atoms with van der Waals surface area (Å²) in [5, 5.41) is 0. The second-order valence-electron chi connectivity index (χ2n) is 8.33. The van der Waals surface area contributed by atoms with Gasteiger partial charge in [0.2, 0.25) is 0 Å². The van der Waals surface area contributed by atoms with Crippen molar-refractivity contribution in [1.82, 2.24) is 4.90 Å². The van der Waals surface area contributed by atoms with Crippen LogP contribution in [0.25, 0.3) is 0 Å². The second kappa shape index (κ2) is 6.35. The zero-order valence-corrected chi connectivity index (χ0v) is 15.4. The number of methoxy groups -OCH3 is 1. The van der Waals surface area contributed by atoms with Crippen molar-refractivity contribution in [3.63, 3.8) is 0 Å². The van der Waals surface area contributed by atoms with Crippen molar-refractivity contribution in [3.05, 3.63) is 23.8 Å². The Bertz CT molecular complexity index is 539. The molecule has 3 heteroatoms. The van der Waals surface area contributed by atoms with E-state index >= 15 is 0 Å². The van der Waals surface area contributed by atoms with E-state index in [0.717, 1.165) is 11.7 Å². The van der Waals surface area contributed by atoms with E-state index in [4.69, 9.17) is 4.74 Å². The fourth-order valence-electron chi connectivity index (χ4n) is 4.02. The van der Waals surface area contributed by atoms with Crippen molar-refractivity contribution in [1.29, 1.82) is 0 Å². The van der Waals surface area contributed by atoms with E-state index in [1.54, 1.807) is 7.11 Å². The molecule has 0 aliphatic carbocycles. The van der Waals surface area contributed by atoms with Crippen molar-refractivity contribution in [2.75, 3.05) is 44.7 Å². The van der Waals surface area contributed by atoms with E-state index in [2.05, 4.69) is 55.7 Å². The van der Waals surface area contributed by atoms with Gasteiger partial charge in [-0.25, -0.2) is 0 Å². The highest BCUT2D eigenvalue weighted by molar-refractivity contribution is 5.57. The number of anilines is 1. The van der Waals surface area contributed by atoms with E-state index in [0.29, 0.717) is 11.3 Å². The van der Waals surface area contributed by atoms with Crippen LogP contribution in [0.2, 0.25) is 0 Å². The Balaban J connectivity index is 1.54. The molecule has 0 bridgehead atoms. The zero-order valence-electron chi connectivity index (χ0n) is 15.4.